The van der Waals surface area contributed by atoms with Crippen LogP contribution in [0.3, 0.4) is 0 Å². The lowest BCUT2D eigenvalue weighted by atomic mass is 10.00. The van der Waals surface area contributed by atoms with Gasteiger partial charge < -0.3 is 14.8 Å². The second-order valence-electron chi connectivity index (χ2n) is 6.97. The first-order valence-electron chi connectivity index (χ1n) is 9.80. The van der Waals surface area contributed by atoms with Crippen molar-refractivity contribution in [3.63, 3.8) is 0 Å². The van der Waals surface area contributed by atoms with E-state index in [2.05, 4.69) is 23.4 Å². The van der Waals surface area contributed by atoms with Crippen molar-refractivity contribution in [1.82, 2.24) is 15.1 Å². The van der Waals surface area contributed by atoms with Crippen molar-refractivity contribution in [1.29, 1.82) is 0 Å². The summed E-state index contributed by atoms with van der Waals surface area (Å²) in [6.07, 6.45) is 6.12. The van der Waals surface area contributed by atoms with Crippen molar-refractivity contribution < 1.29 is 14.3 Å². The maximum absolute atomic E-state index is 12.1. The Morgan fingerprint density at radius 1 is 1.29 bits per heavy atom. The van der Waals surface area contributed by atoms with Crippen LogP contribution in [-0.2, 0) is 16.1 Å². The number of nitrogens with zero attached hydrogens (tertiary/aromatic N) is 2. The van der Waals surface area contributed by atoms with E-state index in [-0.39, 0.29) is 18.6 Å². The van der Waals surface area contributed by atoms with Crippen LogP contribution >= 0.6 is 0 Å². The highest BCUT2D eigenvalue weighted by molar-refractivity contribution is 6.00. The number of ether oxygens (including phenoxy) is 2. The van der Waals surface area contributed by atoms with Crippen LogP contribution in [0.1, 0.15) is 19.8 Å². The number of carbonyl (C=O) groups is 1. The predicted molar refractivity (Wildman–Crippen MR) is 108 cm³/mol. The first-order chi connectivity index (χ1) is 13.7. The normalized spacial score (nSPS) is 16.4. The molecule has 2 aromatic carbocycles. The van der Waals surface area contributed by atoms with E-state index in [4.69, 9.17) is 9.47 Å². The molecule has 2 heterocycles. The quantitative estimate of drug-likeness (QED) is 0.683. The standard InChI is InChI=1S/C22H25N3O3/c1-2-25-14-16(12-24-25)18-9-10-21(20-8-4-3-7-19(18)20)28-15-22(26)23-13-17-6-5-11-27-17/h3-4,7-10,12,14,17H,2,5-6,11,13,15H2,1H3,(H,23,26). The molecular formula is C22H25N3O3. The van der Waals surface area contributed by atoms with Crippen LogP contribution in [0.5, 0.6) is 5.75 Å². The molecular weight excluding hydrogens is 354 g/mol. The van der Waals surface area contributed by atoms with Gasteiger partial charge in [0.2, 0.25) is 0 Å². The molecule has 0 bridgehead atoms. The highest BCUT2D eigenvalue weighted by Gasteiger charge is 2.16. The molecule has 6 nitrogen and oxygen atoms in total. The van der Waals surface area contributed by atoms with E-state index in [0.29, 0.717) is 12.3 Å². The topological polar surface area (TPSA) is 65.4 Å². The molecule has 1 amide bonds. The lowest BCUT2D eigenvalue weighted by Gasteiger charge is -2.13. The van der Waals surface area contributed by atoms with Crippen LogP contribution in [0.15, 0.2) is 48.8 Å². The Kier molecular flexibility index (Phi) is 5.58. The summed E-state index contributed by atoms with van der Waals surface area (Å²) in [6, 6.07) is 12.0. The molecule has 28 heavy (non-hydrogen) atoms. The van der Waals surface area contributed by atoms with Crippen molar-refractivity contribution in [3.05, 3.63) is 48.8 Å². The highest BCUT2D eigenvalue weighted by Crippen LogP contribution is 2.34. The van der Waals surface area contributed by atoms with Gasteiger partial charge in [-0.2, -0.15) is 5.10 Å². The fraction of sp³-hybridized carbons (Fsp3) is 0.364. The molecule has 1 aliphatic heterocycles. The largest absolute Gasteiger partial charge is 0.483 e. The Bertz CT molecular complexity index is 961. The lowest BCUT2D eigenvalue weighted by Crippen LogP contribution is -2.35. The fourth-order valence-corrected chi connectivity index (χ4v) is 3.55. The Hall–Kier alpha value is -2.86. The second-order valence-corrected chi connectivity index (χ2v) is 6.97. The first kappa shape index (κ1) is 18.5. The zero-order valence-corrected chi connectivity index (χ0v) is 16.1. The summed E-state index contributed by atoms with van der Waals surface area (Å²) in [6.45, 7) is 4.22. The van der Waals surface area contributed by atoms with Crippen LogP contribution in [0.4, 0.5) is 0 Å². The third-order valence-electron chi connectivity index (χ3n) is 5.06. The van der Waals surface area contributed by atoms with Crippen molar-refractivity contribution in [3.8, 4) is 16.9 Å². The number of fused-ring (bicyclic) bond motifs is 1. The molecule has 1 saturated heterocycles. The number of nitrogens with one attached hydrogen (secondary N) is 1. The maximum Gasteiger partial charge on any atom is 0.258 e. The molecule has 1 atom stereocenters. The van der Waals surface area contributed by atoms with Gasteiger partial charge in [-0.05, 0) is 42.8 Å². The molecule has 1 aromatic heterocycles. The van der Waals surface area contributed by atoms with Crippen molar-refractivity contribution >= 4 is 16.7 Å². The minimum absolute atomic E-state index is 0.0101. The minimum Gasteiger partial charge on any atom is -0.483 e. The summed E-state index contributed by atoms with van der Waals surface area (Å²) in [4.78, 5) is 12.1. The van der Waals surface area contributed by atoms with Crippen molar-refractivity contribution in [2.24, 2.45) is 0 Å². The number of carbonyl (C=O) groups excluding carboxylic acids is 1. The summed E-state index contributed by atoms with van der Waals surface area (Å²) in [5.41, 5.74) is 2.17. The van der Waals surface area contributed by atoms with Gasteiger partial charge in [0, 0.05) is 36.8 Å². The van der Waals surface area contributed by atoms with Gasteiger partial charge in [0.15, 0.2) is 6.61 Å². The van der Waals surface area contributed by atoms with Gasteiger partial charge in [-0.3, -0.25) is 9.48 Å². The highest BCUT2D eigenvalue weighted by atomic mass is 16.5. The minimum atomic E-state index is -0.132. The number of benzene rings is 2. The molecule has 6 heteroatoms. The number of hydrogen-bond donors (Lipinski definition) is 1. The zero-order chi connectivity index (χ0) is 19.3. The van der Waals surface area contributed by atoms with Crippen molar-refractivity contribution in [2.45, 2.75) is 32.4 Å². The molecule has 4 rings (SSSR count). The monoisotopic (exact) mass is 379 g/mol. The Balaban J connectivity index is 1.48. The Labute approximate surface area is 164 Å². The predicted octanol–water partition coefficient (Wildman–Crippen LogP) is 3.40. The van der Waals surface area contributed by atoms with E-state index < -0.39 is 0 Å². The zero-order valence-electron chi connectivity index (χ0n) is 16.1. The summed E-state index contributed by atoms with van der Waals surface area (Å²) < 4.78 is 13.3. The fourth-order valence-electron chi connectivity index (χ4n) is 3.55. The van der Waals surface area contributed by atoms with Gasteiger partial charge >= 0.3 is 0 Å². The molecule has 1 aliphatic rings. The van der Waals surface area contributed by atoms with E-state index in [1.54, 1.807) is 0 Å². The van der Waals surface area contributed by atoms with Crippen LogP contribution in [0.25, 0.3) is 21.9 Å². The van der Waals surface area contributed by atoms with E-state index in [9.17, 15) is 4.79 Å². The number of amides is 1. The summed E-state index contributed by atoms with van der Waals surface area (Å²) >= 11 is 0. The third kappa shape index (κ3) is 4.02. The first-order valence-corrected chi connectivity index (χ1v) is 9.80. The van der Waals surface area contributed by atoms with E-state index in [0.717, 1.165) is 47.9 Å². The molecule has 146 valence electrons. The smallest absolute Gasteiger partial charge is 0.258 e. The van der Waals surface area contributed by atoms with Crippen LogP contribution < -0.4 is 10.1 Å². The Morgan fingerprint density at radius 3 is 2.89 bits per heavy atom. The molecule has 1 unspecified atom stereocenters. The van der Waals surface area contributed by atoms with E-state index in [1.807, 2.05) is 47.4 Å². The molecule has 1 N–H and O–H groups in total. The average molecular weight is 379 g/mol. The van der Waals surface area contributed by atoms with Gasteiger partial charge in [0.1, 0.15) is 5.75 Å². The van der Waals surface area contributed by atoms with Gasteiger partial charge in [0.05, 0.1) is 12.3 Å². The molecule has 0 aliphatic carbocycles. The summed E-state index contributed by atoms with van der Waals surface area (Å²) in [5, 5.41) is 9.33. The summed E-state index contributed by atoms with van der Waals surface area (Å²) in [5.74, 6) is 0.572. The molecule has 1 fully saturated rings. The number of aryl methyl sites for hydroxylation is 1. The van der Waals surface area contributed by atoms with Gasteiger partial charge in [-0.25, -0.2) is 0 Å². The van der Waals surface area contributed by atoms with E-state index in [1.165, 1.54) is 0 Å². The number of aromatic nitrogens is 2. The van der Waals surface area contributed by atoms with Crippen LogP contribution in [0.2, 0.25) is 0 Å². The molecule has 0 radical (unpaired) electrons. The summed E-state index contributed by atoms with van der Waals surface area (Å²) in [7, 11) is 0. The molecule has 0 spiro atoms. The van der Waals surface area contributed by atoms with Gasteiger partial charge in [0.25, 0.3) is 5.91 Å². The SMILES string of the molecule is CCn1cc(-c2ccc(OCC(=O)NCC3CCCO3)c3ccccc23)cn1. The average Bonchev–Trinajstić information content (AvgIpc) is 3.42. The molecule has 3 aromatic rings. The number of hydrogen-bond acceptors (Lipinski definition) is 4. The Morgan fingerprint density at radius 2 is 2.14 bits per heavy atom. The third-order valence-corrected chi connectivity index (χ3v) is 5.06. The van der Waals surface area contributed by atoms with Crippen molar-refractivity contribution in [2.75, 3.05) is 19.8 Å². The van der Waals surface area contributed by atoms with Crippen LogP contribution in [0, 0.1) is 0 Å². The lowest BCUT2D eigenvalue weighted by molar-refractivity contribution is -0.123. The van der Waals surface area contributed by atoms with Crippen LogP contribution in [-0.4, -0.2) is 41.6 Å². The van der Waals surface area contributed by atoms with Gasteiger partial charge in [-0.1, -0.05) is 24.3 Å². The van der Waals surface area contributed by atoms with E-state index >= 15 is 0 Å². The van der Waals surface area contributed by atoms with Gasteiger partial charge in [-0.15, -0.1) is 0 Å². The maximum atomic E-state index is 12.1. The second kappa shape index (κ2) is 8.44. The number of rotatable bonds is 7. The molecule has 0 saturated carbocycles.